The second-order valence-corrected chi connectivity index (χ2v) is 17.2. The molecule has 0 amide bonds. The summed E-state index contributed by atoms with van der Waals surface area (Å²) in [7, 11) is -3.95. The third-order valence-corrected chi connectivity index (χ3v) is 13.0. The molecule has 0 spiro atoms. The molecule has 248 valence electrons. The molecule has 1 aromatic heterocycles. The number of aromatic nitrogens is 1. The summed E-state index contributed by atoms with van der Waals surface area (Å²) in [6.07, 6.45) is 4.88. The smallest absolute Gasteiger partial charge is 0.306 e. The minimum absolute atomic E-state index is 0.0140. The number of nitrogens with one attached hydrogen (secondary N) is 1. The molecule has 0 radical (unpaired) electrons. The quantitative estimate of drug-likeness (QED) is 0.217. The van der Waals surface area contributed by atoms with Gasteiger partial charge in [0.15, 0.2) is 5.13 Å². The fourth-order valence-electron chi connectivity index (χ4n) is 7.79. The van der Waals surface area contributed by atoms with E-state index in [2.05, 4.69) is 10.3 Å². The maximum atomic E-state index is 14.1. The molecule has 9 nitrogen and oxygen atoms in total. The first-order valence-electron chi connectivity index (χ1n) is 16.8. The molecular weight excluding hydrogens is 623 g/mol. The lowest BCUT2D eigenvalue weighted by molar-refractivity contribution is -0.156. The second-order valence-electron chi connectivity index (χ2n) is 14.2. The number of nitrogens with zero attached hydrogens (tertiary/aromatic N) is 2. The Balaban J connectivity index is 1.09. The van der Waals surface area contributed by atoms with E-state index in [1.807, 2.05) is 44.2 Å². The van der Waals surface area contributed by atoms with Crippen LogP contribution >= 0.6 is 11.3 Å². The third kappa shape index (κ3) is 6.85. The monoisotopic (exact) mass is 667 g/mol. The average Bonchev–Trinajstić information content (AvgIpc) is 3.48. The molecule has 4 fully saturated rings. The zero-order chi connectivity index (χ0) is 32.0. The van der Waals surface area contributed by atoms with Gasteiger partial charge in [-0.2, -0.15) is 4.31 Å². The van der Waals surface area contributed by atoms with Crippen molar-refractivity contribution in [3.8, 4) is 0 Å². The molecule has 2 N–H and O–H groups in total. The molecule has 3 aromatic rings. The molecule has 2 bridgehead atoms. The molecule has 2 heterocycles. The number of carbonyl (C=O) groups excluding carboxylic acids is 1. The number of carbonyl (C=O) groups is 1. The van der Waals surface area contributed by atoms with Gasteiger partial charge in [0.1, 0.15) is 6.10 Å². The summed E-state index contributed by atoms with van der Waals surface area (Å²) in [4.78, 5) is 18.3. The molecule has 7 atom stereocenters. The summed E-state index contributed by atoms with van der Waals surface area (Å²) in [6, 6.07) is 15.2. The number of ether oxygens (including phenoxy) is 2. The van der Waals surface area contributed by atoms with E-state index in [0.29, 0.717) is 37.0 Å². The van der Waals surface area contributed by atoms with E-state index in [-0.39, 0.29) is 48.3 Å². The van der Waals surface area contributed by atoms with E-state index >= 15 is 0 Å². The van der Waals surface area contributed by atoms with Crippen LogP contribution in [0.2, 0.25) is 0 Å². The van der Waals surface area contributed by atoms with Crippen molar-refractivity contribution in [3.05, 3.63) is 54.1 Å². The Morgan fingerprint density at radius 1 is 1.11 bits per heavy atom. The van der Waals surface area contributed by atoms with Gasteiger partial charge in [0.05, 0.1) is 40.3 Å². The number of benzene rings is 2. The number of hydrogen-bond acceptors (Lipinski definition) is 9. The molecular formula is C35H45N3O6S2. The number of esters is 1. The predicted octanol–water partition coefficient (Wildman–Crippen LogP) is 5.48. The van der Waals surface area contributed by atoms with Crippen molar-refractivity contribution in [2.45, 2.75) is 88.0 Å². The third-order valence-electron chi connectivity index (χ3n) is 10.3. The fourth-order valence-corrected chi connectivity index (χ4v) is 10.5. The van der Waals surface area contributed by atoms with Crippen molar-refractivity contribution in [1.29, 1.82) is 0 Å². The van der Waals surface area contributed by atoms with Crippen LogP contribution in [0.3, 0.4) is 0 Å². The van der Waals surface area contributed by atoms with Crippen LogP contribution in [0.4, 0.5) is 5.13 Å². The molecule has 2 aromatic carbocycles. The van der Waals surface area contributed by atoms with Crippen LogP contribution in [-0.4, -0.2) is 72.8 Å². The molecule has 7 rings (SSSR count). The highest BCUT2D eigenvalue weighted by atomic mass is 32.2. The molecule has 1 aliphatic heterocycles. The maximum absolute atomic E-state index is 14.1. The van der Waals surface area contributed by atoms with E-state index in [4.69, 9.17) is 9.47 Å². The highest BCUT2D eigenvalue weighted by Crippen LogP contribution is 2.52. The summed E-state index contributed by atoms with van der Waals surface area (Å²) in [5.41, 5.74) is 1.74. The van der Waals surface area contributed by atoms with E-state index < -0.39 is 22.0 Å². The van der Waals surface area contributed by atoms with Gasteiger partial charge in [-0.15, -0.1) is 0 Å². The number of hydrogen-bond donors (Lipinski definition) is 2. The van der Waals surface area contributed by atoms with Crippen molar-refractivity contribution < 1.29 is 27.8 Å². The molecule has 5 unspecified atom stereocenters. The standard InChI is InChI=1S/C35H45N3O6S2/c1-21(2)18-38(46(41,42)26-11-12-29-32(17-26)45-35(37-29)36-25-9-10-25)19-30(39)24(14-22-6-4-3-5-7-22)16-33(40)44-34-23-8-13-31-27(15-23)28(34)20-43-31/h3-7,11-12,17,21,23-25,27-28,30-31,34,39H,8-10,13-16,18-20H2,1-2H3,(H,36,37)/t23?,24-,27?,28?,30-,31?,34?/m1/s1. The van der Waals surface area contributed by atoms with Crippen LogP contribution in [0.15, 0.2) is 53.4 Å². The summed E-state index contributed by atoms with van der Waals surface area (Å²) in [6.45, 7) is 4.70. The van der Waals surface area contributed by atoms with Gasteiger partial charge >= 0.3 is 5.97 Å². The Kier molecular flexibility index (Phi) is 9.15. The molecule has 3 saturated carbocycles. The topological polar surface area (TPSA) is 118 Å². The Morgan fingerprint density at radius 3 is 2.67 bits per heavy atom. The van der Waals surface area contributed by atoms with Crippen LogP contribution in [0.25, 0.3) is 10.2 Å². The van der Waals surface area contributed by atoms with Gasteiger partial charge in [-0.1, -0.05) is 55.5 Å². The minimum atomic E-state index is -3.95. The Bertz CT molecular complexity index is 1640. The fraction of sp³-hybridized carbons (Fsp3) is 0.600. The maximum Gasteiger partial charge on any atom is 0.306 e. The van der Waals surface area contributed by atoms with Gasteiger partial charge in [-0.3, -0.25) is 4.79 Å². The van der Waals surface area contributed by atoms with E-state index in [1.54, 1.807) is 18.2 Å². The van der Waals surface area contributed by atoms with Gasteiger partial charge in [0, 0.05) is 31.0 Å². The molecule has 1 saturated heterocycles. The van der Waals surface area contributed by atoms with Crippen molar-refractivity contribution in [1.82, 2.24) is 9.29 Å². The summed E-state index contributed by atoms with van der Waals surface area (Å²) >= 11 is 1.46. The lowest BCUT2D eigenvalue weighted by Gasteiger charge is -2.31. The zero-order valence-corrected chi connectivity index (χ0v) is 28.2. The van der Waals surface area contributed by atoms with Gasteiger partial charge < -0.3 is 19.9 Å². The van der Waals surface area contributed by atoms with Gasteiger partial charge in [0.25, 0.3) is 0 Å². The number of rotatable bonds is 14. The lowest BCUT2D eigenvalue weighted by atomic mass is 9.86. The van der Waals surface area contributed by atoms with E-state index in [1.165, 1.54) is 15.6 Å². The first kappa shape index (κ1) is 32.0. The van der Waals surface area contributed by atoms with E-state index in [0.717, 1.165) is 53.0 Å². The molecule has 4 aliphatic rings. The lowest BCUT2D eigenvalue weighted by Crippen LogP contribution is -2.43. The largest absolute Gasteiger partial charge is 0.462 e. The van der Waals surface area contributed by atoms with Gasteiger partial charge in [-0.25, -0.2) is 13.4 Å². The summed E-state index contributed by atoms with van der Waals surface area (Å²) < 4.78 is 42.6. The first-order valence-corrected chi connectivity index (χ1v) is 19.1. The van der Waals surface area contributed by atoms with Gasteiger partial charge in [0.2, 0.25) is 10.0 Å². The highest BCUT2D eigenvalue weighted by Gasteiger charge is 2.55. The Labute approximate surface area is 275 Å². The Morgan fingerprint density at radius 2 is 1.91 bits per heavy atom. The number of thiazole rings is 1. The summed E-state index contributed by atoms with van der Waals surface area (Å²) in [5.74, 6) is 0.280. The first-order chi connectivity index (χ1) is 22.1. The second kappa shape index (κ2) is 13.1. The number of anilines is 1. The van der Waals surface area contributed by atoms with Crippen LogP contribution in [0, 0.1) is 29.6 Å². The number of sulfonamides is 1. The van der Waals surface area contributed by atoms with E-state index in [9.17, 15) is 18.3 Å². The van der Waals surface area contributed by atoms with Crippen LogP contribution in [0.1, 0.15) is 57.9 Å². The molecule has 46 heavy (non-hydrogen) atoms. The average molecular weight is 668 g/mol. The number of aliphatic hydroxyl groups is 1. The number of aliphatic hydroxyl groups excluding tert-OH is 1. The minimum Gasteiger partial charge on any atom is -0.462 e. The van der Waals surface area contributed by atoms with Crippen molar-refractivity contribution in [2.75, 3.05) is 25.0 Å². The zero-order valence-electron chi connectivity index (χ0n) is 26.6. The van der Waals surface area contributed by atoms with Crippen molar-refractivity contribution in [2.24, 2.45) is 29.6 Å². The normalized spacial score (nSPS) is 26.9. The SMILES string of the molecule is CC(C)CN(C[C@@H](O)[C@@H](CC(=O)OC1C2CCC3OCC1C3C2)Cc1ccccc1)S(=O)(=O)c1ccc2nc(NC3CC3)sc2c1. The highest BCUT2D eigenvalue weighted by molar-refractivity contribution is 7.89. The Hall–Kier alpha value is -2.57. The molecule has 3 aliphatic carbocycles. The van der Waals surface area contributed by atoms with Crippen LogP contribution in [0.5, 0.6) is 0 Å². The van der Waals surface area contributed by atoms with Crippen molar-refractivity contribution in [3.63, 3.8) is 0 Å². The molecule has 11 heteroatoms. The van der Waals surface area contributed by atoms with Gasteiger partial charge in [-0.05, 0) is 80.0 Å². The van der Waals surface area contributed by atoms with Crippen molar-refractivity contribution >= 4 is 42.7 Å². The van der Waals surface area contributed by atoms with Crippen LogP contribution in [-0.2, 0) is 30.7 Å². The van der Waals surface area contributed by atoms with Crippen LogP contribution < -0.4 is 5.32 Å². The summed E-state index contributed by atoms with van der Waals surface area (Å²) in [5, 5.41) is 15.9. The predicted molar refractivity (Wildman–Crippen MR) is 178 cm³/mol. The number of fused-ring (bicyclic) bond motifs is 2.